The Labute approximate surface area is 159 Å². The Kier molecular flexibility index (Phi) is 5.07. The number of benzene rings is 1. The van der Waals surface area contributed by atoms with E-state index in [4.69, 9.17) is 16.3 Å². The van der Waals surface area contributed by atoms with E-state index in [0.717, 1.165) is 37.1 Å². The number of rotatable bonds is 4. The highest BCUT2D eigenvalue weighted by molar-refractivity contribution is 6.31. The molecule has 26 heavy (non-hydrogen) atoms. The van der Waals surface area contributed by atoms with E-state index in [-0.39, 0.29) is 12.0 Å². The van der Waals surface area contributed by atoms with Gasteiger partial charge in [-0.15, -0.1) is 0 Å². The number of carbonyl (C=O) groups is 2. The van der Waals surface area contributed by atoms with E-state index < -0.39 is 0 Å². The monoisotopic (exact) mass is 376 g/mol. The number of nitrogens with zero attached hydrogens (tertiary/aromatic N) is 2. The van der Waals surface area contributed by atoms with Crippen molar-refractivity contribution in [1.29, 1.82) is 0 Å². The summed E-state index contributed by atoms with van der Waals surface area (Å²) in [6.45, 7) is 1.83. The Balaban J connectivity index is 1.42. The number of likely N-dealkylation sites (tertiary alicyclic amines) is 1. The first kappa shape index (κ1) is 17.7. The second kappa shape index (κ2) is 7.47. The van der Waals surface area contributed by atoms with Crippen molar-refractivity contribution in [3.63, 3.8) is 0 Å². The number of amides is 2. The van der Waals surface area contributed by atoms with Gasteiger partial charge in [0.2, 0.25) is 5.91 Å². The molecule has 0 bridgehead atoms. The van der Waals surface area contributed by atoms with E-state index in [1.54, 1.807) is 4.90 Å². The summed E-state index contributed by atoms with van der Waals surface area (Å²) in [4.78, 5) is 28.2. The quantitative estimate of drug-likeness (QED) is 0.797. The van der Waals surface area contributed by atoms with Crippen LogP contribution in [0.25, 0.3) is 0 Å². The molecule has 1 unspecified atom stereocenters. The molecule has 6 heteroatoms. The smallest absolute Gasteiger partial charge is 0.414 e. The number of carbonyl (C=O) groups excluding carboxylic acids is 2. The van der Waals surface area contributed by atoms with Gasteiger partial charge in [0.1, 0.15) is 6.61 Å². The maximum absolute atomic E-state index is 12.9. The Morgan fingerprint density at radius 3 is 2.58 bits per heavy atom. The molecule has 3 aliphatic rings. The first-order chi connectivity index (χ1) is 12.6. The molecule has 1 aromatic rings. The fraction of sp³-hybridized carbons (Fsp3) is 0.600. The van der Waals surface area contributed by atoms with Crippen molar-refractivity contribution in [2.45, 2.75) is 51.0 Å². The van der Waals surface area contributed by atoms with E-state index in [9.17, 15) is 9.59 Å². The van der Waals surface area contributed by atoms with Gasteiger partial charge in [-0.1, -0.05) is 36.9 Å². The molecule has 1 aromatic carbocycles. The first-order valence-electron chi connectivity index (χ1n) is 9.66. The van der Waals surface area contributed by atoms with Crippen molar-refractivity contribution in [3.8, 4) is 0 Å². The summed E-state index contributed by atoms with van der Waals surface area (Å²) in [5.41, 5.74) is 1.73. The van der Waals surface area contributed by atoms with Gasteiger partial charge in [0, 0.05) is 29.2 Å². The van der Waals surface area contributed by atoms with Gasteiger partial charge in [-0.25, -0.2) is 4.79 Å². The van der Waals surface area contributed by atoms with Gasteiger partial charge in [0.25, 0.3) is 0 Å². The van der Waals surface area contributed by atoms with Crippen LogP contribution in [0.3, 0.4) is 0 Å². The second-order valence-corrected chi connectivity index (χ2v) is 7.96. The van der Waals surface area contributed by atoms with Gasteiger partial charge in [-0.05, 0) is 43.4 Å². The van der Waals surface area contributed by atoms with Crippen LogP contribution in [0.15, 0.2) is 18.2 Å². The molecule has 3 fully saturated rings. The summed E-state index contributed by atoms with van der Waals surface area (Å²) >= 11 is 6.46. The molecule has 0 N–H and O–H groups in total. The molecule has 0 radical (unpaired) electrons. The Bertz CT molecular complexity index is 702. The van der Waals surface area contributed by atoms with Crippen LogP contribution in [0.4, 0.5) is 10.5 Å². The highest BCUT2D eigenvalue weighted by Crippen LogP contribution is 2.33. The van der Waals surface area contributed by atoms with E-state index in [0.29, 0.717) is 36.5 Å². The maximum atomic E-state index is 12.9. The Hall–Kier alpha value is -1.75. The molecule has 1 aliphatic carbocycles. The number of hydrogen-bond donors (Lipinski definition) is 0. The summed E-state index contributed by atoms with van der Waals surface area (Å²) in [5, 5.41) is 0.617. The topological polar surface area (TPSA) is 49.9 Å². The fourth-order valence-electron chi connectivity index (χ4n) is 4.47. The van der Waals surface area contributed by atoms with Gasteiger partial charge in [0.15, 0.2) is 0 Å². The van der Waals surface area contributed by atoms with Crippen LogP contribution in [0.1, 0.15) is 44.1 Å². The molecule has 4 rings (SSSR count). The summed E-state index contributed by atoms with van der Waals surface area (Å²) in [6.07, 6.45) is 7.34. The lowest BCUT2D eigenvalue weighted by Crippen LogP contribution is -2.39. The summed E-state index contributed by atoms with van der Waals surface area (Å²) in [7, 11) is 0. The molecular formula is C20H25ClN2O3. The van der Waals surface area contributed by atoms with Crippen molar-refractivity contribution in [2.24, 2.45) is 5.92 Å². The molecular weight excluding hydrogens is 352 g/mol. The number of ether oxygens (including phenoxy) is 1. The van der Waals surface area contributed by atoms with Gasteiger partial charge in [-0.3, -0.25) is 9.69 Å². The Morgan fingerprint density at radius 2 is 1.88 bits per heavy atom. The lowest BCUT2D eigenvalue weighted by molar-refractivity contribution is -0.133. The number of halogens is 1. The van der Waals surface area contributed by atoms with Crippen molar-refractivity contribution in [3.05, 3.63) is 28.8 Å². The van der Waals surface area contributed by atoms with E-state index in [1.165, 1.54) is 19.3 Å². The SMILES string of the molecule is O=C1OCCN1c1ccc(CC2CCN(C3CCCCC3)C2=O)c(Cl)c1. The van der Waals surface area contributed by atoms with Crippen LogP contribution in [0.2, 0.25) is 5.02 Å². The van der Waals surface area contributed by atoms with Gasteiger partial charge < -0.3 is 9.64 Å². The zero-order valence-electron chi connectivity index (χ0n) is 15.0. The number of hydrogen-bond acceptors (Lipinski definition) is 3. The van der Waals surface area contributed by atoms with Crippen LogP contribution in [0.5, 0.6) is 0 Å². The number of anilines is 1. The minimum Gasteiger partial charge on any atom is -0.447 e. The second-order valence-electron chi connectivity index (χ2n) is 7.55. The van der Waals surface area contributed by atoms with E-state index in [1.807, 2.05) is 18.2 Å². The van der Waals surface area contributed by atoms with E-state index >= 15 is 0 Å². The minimum absolute atomic E-state index is 0.0250. The third-order valence-corrected chi connectivity index (χ3v) is 6.29. The van der Waals surface area contributed by atoms with Crippen LogP contribution in [-0.4, -0.2) is 42.6 Å². The van der Waals surface area contributed by atoms with Crippen molar-refractivity contribution >= 4 is 29.3 Å². The highest BCUT2D eigenvalue weighted by Gasteiger charge is 2.36. The molecule has 140 valence electrons. The first-order valence-corrected chi connectivity index (χ1v) is 10.0. The average Bonchev–Trinajstić information content (AvgIpc) is 3.24. The number of cyclic esters (lactones) is 1. The fourth-order valence-corrected chi connectivity index (χ4v) is 4.72. The normalized spacial score (nSPS) is 24.4. The summed E-state index contributed by atoms with van der Waals surface area (Å²) < 4.78 is 4.97. The lowest BCUT2D eigenvalue weighted by Gasteiger charge is -2.31. The van der Waals surface area contributed by atoms with Crippen molar-refractivity contribution in [2.75, 3.05) is 24.6 Å². The van der Waals surface area contributed by atoms with Crippen molar-refractivity contribution < 1.29 is 14.3 Å². The van der Waals surface area contributed by atoms with E-state index in [2.05, 4.69) is 4.90 Å². The predicted octanol–water partition coefficient (Wildman–Crippen LogP) is 4.02. The Morgan fingerprint density at radius 1 is 1.08 bits per heavy atom. The standard InChI is InChI=1S/C20H25ClN2O3/c21-18-13-17(23-10-11-26-20(23)25)7-6-14(18)12-15-8-9-22(19(15)24)16-4-2-1-3-5-16/h6-7,13,15-16H,1-5,8-12H2. The zero-order chi connectivity index (χ0) is 18.1. The summed E-state index contributed by atoms with van der Waals surface area (Å²) in [5.74, 6) is 0.317. The largest absolute Gasteiger partial charge is 0.447 e. The van der Waals surface area contributed by atoms with Crippen LogP contribution >= 0.6 is 11.6 Å². The molecule has 2 saturated heterocycles. The molecule has 5 nitrogen and oxygen atoms in total. The average molecular weight is 377 g/mol. The molecule has 2 amide bonds. The molecule has 0 spiro atoms. The van der Waals surface area contributed by atoms with Gasteiger partial charge >= 0.3 is 6.09 Å². The third kappa shape index (κ3) is 3.41. The van der Waals surface area contributed by atoms with Gasteiger partial charge in [-0.2, -0.15) is 0 Å². The molecule has 2 aliphatic heterocycles. The highest BCUT2D eigenvalue weighted by atomic mass is 35.5. The van der Waals surface area contributed by atoms with Crippen molar-refractivity contribution in [1.82, 2.24) is 4.90 Å². The van der Waals surface area contributed by atoms with Crippen LogP contribution < -0.4 is 4.90 Å². The lowest BCUT2D eigenvalue weighted by atomic mass is 9.94. The third-order valence-electron chi connectivity index (χ3n) is 5.94. The molecule has 2 heterocycles. The van der Waals surface area contributed by atoms with Gasteiger partial charge in [0.05, 0.1) is 6.54 Å². The maximum Gasteiger partial charge on any atom is 0.414 e. The molecule has 0 aromatic heterocycles. The van der Waals surface area contributed by atoms with Crippen LogP contribution in [-0.2, 0) is 16.0 Å². The molecule has 1 atom stereocenters. The minimum atomic E-state index is -0.331. The zero-order valence-corrected chi connectivity index (χ0v) is 15.7. The summed E-state index contributed by atoms with van der Waals surface area (Å²) in [6, 6.07) is 6.09. The van der Waals surface area contributed by atoms with Crippen LogP contribution in [0, 0.1) is 5.92 Å². The predicted molar refractivity (Wildman–Crippen MR) is 101 cm³/mol. The molecule has 1 saturated carbocycles.